The maximum atomic E-state index is 10.3. The van der Waals surface area contributed by atoms with Crippen molar-refractivity contribution in [1.29, 1.82) is 10.5 Å². The molecule has 4 rings (SSSR count). The highest BCUT2D eigenvalue weighted by atomic mass is 15.3. The minimum absolute atomic E-state index is 0.363. The number of piperidine rings is 1. The van der Waals surface area contributed by atoms with Crippen molar-refractivity contribution in [2.75, 3.05) is 0 Å². The second-order valence-corrected chi connectivity index (χ2v) is 8.43. The van der Waals surface area contributed by atoms with Crippen LogP contribution in [0.15, 0.2) is 30.3 Å². The molecular weight excluding hydrogens is 306 g/mol. The average Bonchev–Trinajstić information content (AvgIpc) is 2.68. The van der Waals surface area contributed by atoms with Gasteiger partial charge in [-0.05, 0) is 32.1 Å². The summed E-state index contributed by atoms with van der Waals surface area (Å²) < 4.78 is 0. The van der Waals surface area contributed by atoms with Crippen LogP contribution in [0.2, 0.25) is 0 Å². The standard InChI is InChI=1S/C22H27N3/c23-16-21-12-6-4-10-19(21)14-20-11-5-7-13-22(20,17-24)25(21)15-18-8-2-1-3-9-18/h1-3,8-9,19-20H,4-7,10-15H2/p+1/t19-,20+,21-,22+. The zero-order chi connectivity index (χ0) is 17.3. The molecular formula is C22H28N3+. The molecule has 1 aliphatic heterocycles. The van der Waals surface area contributed by atoms with Crippen molar-refractivity contribution >= 4 is 0 Å². The van der Waals surface area contributed by atoms with Gasteiger partial charge in [0.1, 0.15) is 18.7 Å². The molecule has 0 radical (unpaired) electrons. The van der Waals surface area contributed by atoms with Crippen LogP contribution < -0.4 is 4.90 Å². The molecule has 5 atom stereocenters. The van der Waals surface area contributed by atoms with Gasteiger partial charge in [0, 0.05) is 30.2 Å². The molecule has 1 heterocycles. The number of fused-ring (bicyclic) bond motifs is 2. The van der Waals surface area contributed by atoms with E-state index in [1.807, 2.05) is 6.07 Å². The molecule has 2 aliphatic carbocycles. The van der Waals surface area contributed by atoms with Gasteiger partial charge in [-0.1, -0.05) is 43.2 Å². The molecule has 1 N–H and O–H groups in total. The van der Waals surface area contributed by atoms with E-state index in [1.54, 1.807) is 0 Å². The van der Waals surface area contributed by atoms with Crippen molar-refractivity contribution in [1.82, 2.24) is 0 Å². The molecule has 1 aromatic rings. The summed E-state index contributed by atoms with van der Waals surface area (Å²) in [4.78, 5) is 1.29. The Hall–Kier alpha value is -1.84. The molecule has 3 aliphatic rings. The predicted molar refractivity (Wildman–Crippen MR) is 96.3 cm³/mol. The van der Waals surface area contributed by atoms with Gasteiger partial charge in [-0.25, -0.2) is 0 Å². The predicted octanol–water partition coefficient (Wildman–Crippen LogP) is 3.38. The fourth-order valence-electron chi connectivity index (χ4n) is 6.21. The highest BCUT2D eigenvalue weighted by Gasteiger charge is 2.65. The van der Waals surface area contributed by atoms with Gasteiger partial charge in [0.05, 0.1) is 0 Å². The maximum Gasteiger partial charge on any atom is 0.189 e. The van der Waals surface area contributed by atoms with Gasteiger partial charge >= 0.3 is 0 Å². The van der Waals surface area contributed by atoms with Gasteiger partial charge in [0.2, 0.25) is 0 Å². The van der Waals surface area contributed by atoms with Crippen LogP contribution in [-0.2, 0) is 6.54 Å². The first-order chi connectivity index (χ1) is 12.2. The number of benzene rings is 1. The molecule has 3 nitrogen and oxygen atoms in total. The quantitative estimate of drug-likeness (QED) is 0.901. The van der Waals surface area contributed by atoms with E-state index in [1.165, 1.54) is 36.1 Å². The SMILES string of the molecule is N#C[C@]12CCCC[C@@H]1C[C@@H]1CCCC[C@@]1(C#N)[NH+]2Cc1ccccc1. The molecule has 2 saturated carbocycles. The Labute approximate surface area is 151 Å². The van der Waals surface area contributed by atoms with Crippen LogP contribution in [0.4, 0.5) is 0 Å². The van der Waals surface area contributed by atoms with E-state index in [9.17, 15) is 10.5 Å². The van der Waals surface area contributed by atoms with Crippen molar-refractivity contribution < 1.29 is 4.90 Å². The minimum Gasteiger partial charge on any atom is -0.297 e. The first-order valence-electron chi connectivity index (χ1n) is 9.98. The third-order valence-corrected chi connectivity index (χ3v) is 7.41. The van der Waals surface area contributed by atoms with Gasteiger partial charge in [-0.2, -0.15) is 10.5 Å². The molecule has 3 heteroatoms. The van der Waals surface area contributed by atoms with Crippen LogP contribution in [0.25, 0.3) is 0 Å². The number of nitrogens with one attached hydrogen (secondary N) is 1. The number of hydrogen-bond acceptors (Lipinski definition) is 2. The van der Waals surface area contributed by atoms with E-state index >= 15 is 0 Å². The summed E-state index contributed by atoms with van der Waals surface area (Å²) >= 11 is 0. The van der Waals surface area contributed by atoms with E-state index in [4.69, 9.17) is 0 Å². The lowest BCUT2D eigenvalue weighted by Crippen LogP contribution is -3.28. The van der Waals surface area contributed by atoms with Crippen LogP contribution >= 0.6 is 0 Å². The average molecular weight is 334 g/mol. The smallest absolute Gasteiger partial charge is 0.189 e. The van der Waals surface area contributed by atoms with Gasteiger partial charge in [0.15, 0.2) is 11.1 Å². The highest BCUT2D eigenvalue weighted by molar-refractivity contribution is 5.20. The summed E-state index contributed by atoms with van der Waals surface area (Å²) in [6.07, 6.45) is 10.1. The number of hydrogen-bond donors (Lipinski definition) is 1. The second kappa shape index (κ2) is 6.47. The number of likely N-dealkylation sites (tertiary alicyclic amines) is 1. The Bertz CT molecular complexity index is 660. The van der Waals surface area contributed by atoms with Crippen molar-refractivity contribution in [2.45, 2.75) is 75.4 Å². The molecule has 1 saturated heterocycles. The Morgan fingerprint density at radius 2 is 1.44 bits per heavy atom. The normalized spacial score (nSPS) is 40.2. The van der Waals surface area contributed by atoms with Crippen LogP contribution in [0.3, 0.4) is 0 Å². The third kappa shape index (κ3) is 2.49. The highest BCUT2D eigenvalue weighted by Crippen LogP contribution is 2.47. The Morgan fingerprint density at radius 3 is 1.96 bits per heavy atom. The summed E-state index contributed by atoms with van der Waals surface area (Å²) in [6, 6.07) is 16.1. The first kappa shape index (κ1) is 16.6. The minimum atomic E-state index is -0.363. The molecule has 3 fully saturated rings. The fraction of sp³-hybridized carbons (Fsp3) is 0.636. The van der Waals surface area contributed by atoms with Gasteiger partial charge in [-0.3, -0.25) is 4.90 Å². The number of quaternary nitrogens is 1. The summed E-state index contributed by atoms with van der Waals surface area (Å²) in [5, 5.41) is 20.7. The number of nitriles is 2. The van der Waals surface area contributed by atoms with Gasteiger partial charge in [0.25, 0.3) is 0 Å². The fourth-order valence-corrected chi connectivity index (χ4v) is 6.21. The summed E-state index contributed by atoms with van der Waals surface area (Å²) in [5.74, 6) is 0.934. The van der Waals surface area contributed by atoms with E-state index in [0.717, 1.165) is 38.6 Å². The zero-order valence-electron chi connectivity index (χ0n) is 15.0. The molecule has 1 unspecified atom stereocenters. The lowest BCUT2D eigenvalue weighted by molar-refractivity contribution is -1.01. The topological polar surface area (TPSA) is 52.0 Å². The third-order valence-electron chi connectivity index (χ3n) is 7.41. The molecule has 25 heavy (non-hydrogen) atoms. The van der Waals surface area contributed by atoms with E-state index in [-0.39, 0.29) is 11.1 Å². The molecule has 0 spiro atoms. The van der Waals surface area contributed by atoms with Crippen molar-refractivity contribution in [3.05, 3.63) is 35.9 Å². The number of nitrogens with zero attached hydrogens (tertiary/aromatic N) is 2. The zero-order valence-corrected chi connectivity index (χ0v) is 15.0. The Kier molecular flexibility index (Phi) is 4.30. The molecule has 130 valence electrons. The summed E-state index contributed by atoms with van der Waals surface area (Å²) in [5.41, 5.74) is 0.535. The molecule has 1 aromatic carbocycles. The largest absolute Gasteiger partial charge is 0.297 e. The van der Waals surface area contributed by atoms with E-state index < -0.39 is 0 Å². The van der Waals surface area contributed by atoms with Crippen LogP contribution in [0, 0.1) is 34.5 Å². The molecule has 0 aromatic heterocycles. The van der Waals surface area contributed by atoms with Crippen molar-refractivity contribution in [3.8, 4) is 12.1 Å². The monoisotopic (exact) mass is 334 g/mol. The molecule has 0 bridgehead atoms. The van der Waals surface area contributed by atoms with Crippen LogP contribution in [0.1, 0.15) is 63.4 Å². The number of rotatable bonds is 2. The van der Waals surface area contributed by atoms with Gasteiger partial charge in [-0.15, -0.1) is 0 Å². The van der Waals surface area contributed by atoms with E-state index in [0.29, 0.717) is 11.8 Å². The lowest BCUT2D eigenvalue weighted by atomic mass is 9.57. The van der Waals surface area contributed by atoms with Gasteiger partial charge < -0.3 is 0 Å². The lowest BCUT2D eigenvalue weighted by Gasteiger charge is -2.58. The summed E-state index contributed by atoms with van der Waals surface area (Å²) in [7, 11) is 0. The van der Waals surface area contributed by atoms with Crippen molar-refractivity contribution in [3.63, 3.8) is 0 Å². The van der Waals surface area contributed by atoms with E-state index in [2.05, 4.69) is 36.4 Å². The summed E-state index contributed by atoms with van der Waals surface area (Å²) in [6.45, 7) is 0.814. The van der Waals surface area contributed by atoms with Crippen LogP contribution in [-0.4, -0.2) is 11.1 Å². The Balaban J connectivity index is 1.81. The maximum absolute atomic E-state index is 10.3. The Morgan fingerprint density at radius 1 is 0.880 bits per heavy atom. The first-order valence-corrected chi connectivity index (χ1v) is 9.98. The molecule has 0 amide bonds. The second-order valence-electron chi connectivity index (χ2n) is 8.43. The van der Waals surface area contributed by atoms with Crippen molar-refractivity contribution in [2.24, 2.45) is 11.8 Å². The van der Waals surface area contributed by atoms with Crippen LogP contribution in [0.5, 0.6) is 0 Å².